The van der Waals surface area contributed by atoms with Crippen LogP contribution in [0.15, 0.2) is 42.6 Å². The van der Waals surface area contributed by atoms with E-state index in [9.17, 15) is 0 Å². The van der Waals surface area contributed by atoms with Crippen LogP contribution in [0, 0.1) is 0 Å². The van der Waals surface area contributed by atoms with Crippen molar-refractivity contribution in [2.75, 3.05) is 0 Å². The van der Waals surface area contributed by atoms with Crippen LogP contribution in [0.5, 0.6) is 0 Å². The Balaban J connectivity index is 0.00000144. The molecule has 0 saturated heterocycles. The second kappa shape index (κ2) is 7.45. The van der Waals surface area contributed by atoms with Crippen LogP contribution in [0.2, 0.25) is 0 Å². The molecule has 0 amide bonds. The molecule has 1 aliphatic carbocycles. The molecule has 22 heavy (non-hydrogen) atoms. The van der Waals surface area contributed by atoms with Crippen LogP contribution in [0.3, 0.4) is 0 Å². The summed E-state index contributed by atoms with van der Waals surface area (Å²) in [6, 6.07) is 12.5. The minimum atomic E-state index is 0. The monoisotopic (exact) mass is 362 g/mol. The van der Waals surface area contributed by atoms with Crippen molar-refractivity contribution in [1.29, 1.82) is 0 Å². The van der Waals surface area contributed by atoms with Crippen molar-refractivity contribution in [1.82, 2.24) is 20.3 Å². The van der Waals surface area contributed by atoms with Gasteiger partial charge in [0, 0.05) is 18.8 Å². The molecule has 2 aromatic heterocycles. The van der Waals surface area contributed by atoms with Gasteiger partial charge in [0.05, 0.1) is 5.69 Å². The molecule has 5 heteroatoms. The molecule has 0 aliphatic heterocycles. The van der Waals surface area contributed by atoms with Crippen molar-refractivity contribution >= 4 is 11.0 Å². The molecule has 2 heterocycles. The van der Waals surface area contributed by atoms with Crippen molar-refractivity contribution in [3.8, 4) is 0 Å². The fraction of sp³-hybridized carbons (Fsp3) is 0.294. The predicted molar refractivity (Wildman–Crippen MR) is 81.8 cm³/mol. The number of imidazole rings is 1. The Morgan fingerprint density at radius 1 is 1.18 bits per heavy atom. The first kappa shape index (κ1) is 16.5. The molecule has 0 spiro atoms. The van der Waals surface area contributed by atoms with Gasteiger partial charge in [0.15, 0.2) is 0 Å². The van der Waals surface area contributed by atoms with Gasteiger partial charge < -0.3 is 15.3 Å². The standard InChI is InChI=1S/C17H17N4.Rb/c1-2-8-14-13(7-1)20-16(21-14)11-19-15-9-3-5-12-6-4-10-18-17(12)15;/h1-2,4,6-8,10,15,19H,3,5,9,11H2;/q-1;+1/t15-;/m0./s1. The maximum absolute atomic E-state index is 4.56. The summed E-state index contributed by atoms with van der Waals surface area (Å²) in [6.07, 6.45) is 5.36. The first-order chi connectivity index (χ1) is 10.4. The van der Waals surface area contributed by atoms with Gasteiger partial charge >= 0.3 is 58.2 Å². The Morgan fingerprint density at radius 3 is 3.00 bits per heavy atom. The number of aryl methyl sites for hydroxylation is 1. The molecule has 1 N–H and O–H groups in total. The van der Waals surface area contributed by atoms with Gasteiger partial charge in [-0.15, -0.1) is 0 Å². The van der Waals surface area contributed by atoms with E-state index in [-0.39, 0.29) is 58.2 Å². The number of rotatable bonds is 3. The summed E-state index contributed by atoms with van der Waals surface area (Å²) < 4.78 is 0. The third-order valence-electron chi connectivity index (χ3n) is 4.08. The van der Waals surface area contributed by atoms with E-state index in [0.29, 0.717) is 12.6 Å². The van der Waals surface area contributed by atoms with Crippen LogP contribution in [-0.4, -0.2) is 9.97 Å². The largest absolute Gasteiger partial charge is 1.00 e. The van der Waals surface area contributed by atoms with Crippen LogP contribution >= 0.6 is 0 Å². The minimum absolute atomic E-state index is 0. The van der Waals surface area contributed by atoms with Crippen LogP contribution in [0.25, 0.3) is 11.0 Å². The topological polar surface area (TPSA) is 51.9 Å². The molecular formula is C17H17N4Rb. The number of benzene rings is 1. The van der Waals surface area contributed by atoms with Crippen LogP contribution in [0.4, 0.5) is 0 Å². The first-order valence-corrected chi connectivity index (χ1v) is 7.46. The van der Waals surface area contributed by atoms with E-state index >= 15 is 0 Å². The van der Waals surface area contributed by atoms with Gasteiger partial charge in [-0.1, -0.05) is 36.2 Å². The second-order valence-corrected chi connectivity index (χ2v) is 5.50. The average molecular weight is 363 g/mol. The molecule has 0 saturated carbocycles. The number of pyridine rings is 1. The molecule has 106 valence electrons. The molecular weight excluding hydrogens is 346 g/mol. The first-order valence-electron chi connectivity index (χ1n) is 7.46. The number of aromatic nitrogens is 3. The van der Waals surface area contributed by atoms with Gasteiger partial charge in [-0.25, -0.2) is 0 Å². The number of nitrogens with one attached hydrogen (secondary N) is 1. The molecule has 4 rings (SSSR count). The van der Waals surface area contributed by atoms with Gasteiger partial charge in [0.1, 0.15) is 0 Å². The van der Waals surface area contributed by atoms with Crippen LogP contribution in [0.1, 0.15) is 36.0 Å². The van der Waals surface area contributed by atoms with Crippen LogP contribution < -0.4 is 68.5 Å². The van der Waals surface area contributed by atoms with Crippen molar-refractivity contribution in [3.05, 3.63) is 59.7 Å². The Bertz CT molecular complexity index is 735. The van der Waals surface area contributed by atoms with E-state index in [2.05, 4.69) is 26.3 Å². The van der Waals surface area contributed by atoms with Crippen LogP contribution in [-0.2, 0) is 13.0 Å². The van der Waals surface area contributed by atoms with Gasteiger partial charge in [-0.3, -0.25) is 4.98 Å². The Kier molecular flexibility index (Phi) is 5.57. The molecule has 1 aromatic carbocycles. The van der Waals surface area contributed by atoms with E-state index in [0.717, 1.165) is 29.7 Å². The molecule has 0 fully saturated rings. The van der Waals surface area contributed by atoms with Crippen molar-refractivity contribution in [3.63, 3.8) is 0 Å². The molecule has 1 atom stereocenters. The summed E-state index contributed by atoms with van der Waals surface area (Å²) in [6.45, 7) is 0.690. The van der Waals surface area contributed by atoms with E-state index in [4.69, 9.17) is 0 Å². The fourth-order valence-electron chi connectivity index (χ4n) is 3.06. The van der Waals surface area contributed by atoms with E-state index in [1.165, 1.54) is 17.7 Å². The smallest absolute Gasteiger partial charge is 0.438 e. The van der Waals surface area contributed by atoms with Gasteiger partial charge in [0.2, 0.25) is 0 Å². The van der Waals surface area contributed by atoms with Gasteiger partial charge in [-0.05, 0) is 41.9 Å². The maximum Gasteiger partial charge on any atom is 1.00 e. The summed E-state index contributed by atoms with van der Waals surface area (Å²) >= 11 is 0. The Labute approximate surface area is 178 Å². The van der Waals surface area contributed by atoms with Crippen molar-refractivity contribution < 1.29 is 58.2 Å². The van der Waals surface area contributed by atoms with Gasteiger partial charge in [-0.2, -0.15) is 0 Å². The molecule has 3 aromatic rings. The molecule has 4 nitrogen and oxygen atoms in total. The van der Waals surface area contributed by atoms with E-state index < -0.39 is 0 Å². The van der Waals surface area contributed by atoms with Gasteiger partial charge in [0.25, 0.3) is 0 Å². The molecule has 0 radical (unpaired) electrons. The SMILES string of the molecule is [Rb+].c1cnc2c(c1)CCC[C@@H]2NCc1nc2ccccc2[n-]1. The molecule has 1 aliphatic rings. The Hall–Kier alpha value is -0.395. The number of nitrogens with zero attached hydrogens (tertiary/aromatic N) is 3. The maximum atomic E-state index is 4.56. The number of hydrogen-bond donors (Lipinski definition) is 1. The summed E-state index contributed by atoms with van der Waals surface area (Å²) in [7, 11) is 0. The average Bonchev–Trinajstić information content (AvgIpc) is 2.96. The third-order valence-corrected chi connectivity index (χ3v) is 4.08. The molecule has 0 unspecified atom stereocenters. The third kappa shape index (κ3) is 3.41. The van der Waals surface area contributed by atoms with Crippen molar-refractivity contribution in [2.45, 2.75) is 31.8 Å². The summed E-state index contributed by atoms with van der Waals surface area (Å²) in [5.74, 6) is 0.860. The quantitative estimate of drug-likeness (QED) is 0.698. The number of fused-ring (bicyclic) bond motifs is 2. The fourth-order valence-corrected chi connectivity index (χ4v) is 3.06. The Morgan fingerprint density at radius 2 is 2.09 bits per heavy atom. The predicted octanol–water partition coefficient (Wildman–Crippen LogP) is -0.242. The minimum Gasteiger partial charge on any atom is -0.438 e. The zero-order valence-electron chi connectivity index (χ0n) is 12.8. The van der Waals surface area contributed by atoms with E-state index in [1.54, 1.807) is 0 Å². The second-order valence-electron chi connectivity index (χ2n) is 5.50. The van der Waals surface area contributed by atoms with E-state index in [1.807, 2.05) is 36.5 Å². The zero-order valence-corrected chi connectivity index (χ0v) is 17.7. The molecule has 0 bridgehead atoms. The van der Waals surface area contributed by atoms with Crippen molar-refractivity contribution in [2.24, 2.45) is 0 Å². The normalized spacial score (nSPS) is 17.0. The summed E-state index contributed by atoms with van der Waals surface area (Å²) in [5, 5.41) is 3.57. The summed E-state index contributed by atoms with van der Waals surface area (Å²) in [5.41, 5.74) is 4.50. The number of hydrogen-bond acceptors (Lipinski definition) is 3. The number of para-hydroxylation sites is 2. The zero-order chi connectivity index (χ0) is 14.1. The summed E-state index contributed by atoms with van der Waals surface area (Å²) in [4.78, 5) is 13.7.